The molecule has 1 heterocycles. The summed E-state index contributed by atoms with van der Waals surface area (Å²) >= 11 is 1.81. The second kappa shape index (κ2) is 5.33. The van der Waals surface area contributed by atoms with Crippen LogP contribution in [0.25, 0.3) is 0 Å². The summed E-state index contributed by atoms with van der Waals surface area (Å²) < 4.78 is 4.69. The van der Waals surface area contributed by atoms with E-state index >= 15 is 0 Å². The van der Waals surface area contributed by atoms with Crippen LogP contribution in [0.3, 0.4) is 0 Å². The van der Waals surface area contributed by atoms with Gasteiger partial charge in [-0.3, -0.25) is 4.79 Å². The minimum atomic E-state index is -0.310. The van der Waals surface area contributed by atoms with Crippen LogP contribution in [-0.2, 0) is 14.3 Å². The standard InChI is InChI=1S/C17H16O2S/c1-19-16(18)15-12-20-17(15,13-8-4-2-5-9-13)14-10-6-3-7-11-14/h2-11,15H,12H2,1H3. The minimum Gasteiger partial charge on any atom is -0.469 e. The largest absolute Gasteiger partial charge is 0.469 e. The number of benzene rings is 2. The zero-order valence-corrected chi connectivity index (χ0v) is 12.1. The molecule has 2 aromatic rings. The molecule has 0 radical (unpaired) electrons. The molecule has 0 amide bonds. The van der Waals surface area contributed by atoms with Gasteiger partial charge in [-0.15, -0.1) is 11.8 Å². The van der Waals surface area contributed by atoms with Crippen LogP contribution >= 0.6 is 11.8 Å². The molecule has 0 bridgehead atoms. The number of hydrogen-bond donors (Lipinski definition) is 0. The molecular formula is C17H16O2S. The van der Waals surface area contributed by atoms with E-state index < -0.39 is 0 Å². The topological polar surface area (TPSA) is 26.3 Å². The maximum Gasteiger partial charge on any atom is 0.311 e. The molecule has 0 aliphatic carbocycles. The lowest BCUT2D eigenvalue weighted by Crippen LogP contribution is -2.48. The van der Waals surface area contributed by atoms with E-state index in [2.05, 4.69) is 24.3 Å². The molecule has 3 heteroatoms. The van der Waals surface area contributed by atoms with Crippen molar-refractivity contribution in [3.63, 3.8) is 0 Å². The van der Waals surface area contributed by atoms with Gasteiger partial charge in [-0.2, -0.15) is 0 Å². The Morgan fingerprint density at radius 2 is 1.55 bits per heavy atom. The maximum absolute atomic E-state index is 12.1. The van der Waals surface area contributed by atoms with Gasteiger partial charge in [-0.05, 0) is 11.1 Å². The van der Waals surface area contributed by atoms with Gasteiger partial charge in [0.1, 0.15) is 0 Å². The molecular weight excluding hydrogens is 268 g/mol. The van der Waals surface area contributed by atoms with E-state index in [0.29, 0.717) is 0 Å². The first-order valence-corrected chi connectivity index (χ1v) is 7.60. The van der Waals surface area contributed by atoms with Crippen molar-refractivity contribution in [2.45, 2.75) is 4.75 Å². The second-order valence-corrected chi connectivity index (χ2v) is 6.12. The number of esters is 1. The van der Waals surface area contributed by atoms with E-state index in [-0.39, 0.29) is 16.6 Å². The van der Waals surface area contributed by atoms with E-state index in [1.54, 1.807) is 0 Å². The Hall–Kier alpha value is -1.74. The molecule has 102 valence electrons. The molecule has 1 aliphatic heterocycles. The SMILES string of the molecule is COC(=O)C1CSC1(c1ccccc1)c1ccccc1. The zero-order chi connectivity index (χ0) is 14.0. The van der Waals surface area contributed by atoms with Crippen LogP contribution in [-0.4, -0.2) is 18.8 Å². The van der Waals surface area contributed by atoms with Crippen LogP contribution in [0.2, 0.25) is 0 Å². The third-order valence-corrected chi connectivity index (χ3v) is 5.57. The van der Waals surface area contributed by atoms with Crippen LogP contribution in [0.4, 0.5) is 0 Å². The van der Waals surface area contributed by atoms with Crippen LogP contribution in [0.5, 0.6) is 0 Å². The van der Waals surface area contributed by atoms with Crippen molar-refractivity contribution in [2.24, 2.45) is 5.92 Å². The smallest absolute Gasteiger partial charge is 0.311 e. The summed E-state index contributed by atoms with van der Waals surface area (Å²) in [4.78, 5) is 12.1. The molecule has 1 unspecified atom stereocenters. The summed E-state index contributed by atoms with van der Waals surface area (Å²) in [6.07, 6.45) is 0. The molecule has 0 spiro atoms. The monoisotopic (exact) mass is 284 g/mol. The van der Waals surface area contributed by atoms with Gasteiger partial charge in [0.2, 0.25) is 0 Å². The fourth-order valence-electron chi connectivity index (χ4n) is 2.82. The summed E-state index contributed by atoms with van der Waals surface area (Å²) in [6, 6.07) is 20.5. The summed E-state index contributed by atoms with van der Waals surface area (Å²) in [7, 11) is 1.46. The predicted octanol–water partition coefficient (Wildman–Crippen LogP) is 3.47. The third-order valence-electron chi connectivity index (χ3n) is 3.86. The molecule has 0 saturated carbocycles. The van der Waals surface area contributed by atoms with Gasteiger partial charge < -0.3 is 4.74 Å². The van der Waals surface area contributed by atoms with Crippen molar-refractivity contribution >= 4 is 17.7 Å². The quantitative estimate of drug-likeness (QED) is 0.807. The van der Waals surface area contributed by atoms with Crippen molar-refractivity contribution in [3.8, 4) is 0 Å². The average Bonchev–Trinajstić information content (AvgIpc) is 2.49. The Bertz CT molecular complexity index is 555. The van der Waals surface area contributed by atoms with Crippen molar-refractivity contribution in [3.05, 3.63) is 71.8 Å². The van der Waals surface area contributed by atoms with Gasteiger partial charge in [0.05, 0.1) is 17.8 Å². The van der Waals surface area contributed by atoms with E-state index in [0.717, 1.165) is 16.9 Å². The molecule has 1 saturated heterocycles. The normalized spacial score (nSPS) is 19.9. The molecule has 1 atom stereocenters. The van der Waals surface area contributed by atoms with E-state index in [9.17, 15) is 4.79 Å². The molecule has 0 N–H and O–H groups in total. The number of rotatable bonds is 3. The van der Waals surface area contributed by atoms with Gasteiger partial charge in [0, 0.05) is 5.75 Å². The first-order valence-electron chi connectivity index (χ1n) is 6.62. The zero-order valence-electron chi connectivity index (χ0n) is 11.3. The van der Waals surface area contributed by atoms with Gasteiger partial charge in [-0.1, -0.05) is 60.7 Å². The van der Waals surface area contributed by atoms with Gasteiger partial charge in [-0.25, -0.2) is 0 Å². The van der Waals surface area contributed by atoms with Crippen molar-refractivity contribution in [1.29, 1.82) is 0 Å². The lowest BCUT2D eigenvalue weighted by Gasteiger charge is -2.48. The van der Waals surface area contributed by atoms with Crippen molar-refractivity contribution in [2.75, 3.05) is 12.9 Å². The predicted molar refractivity (Wildman–Crippen MR) is 81.6 cm³/mol. The molecule has 2 nitrogen and oxygen atoms in total. The van der Waals surface area contributed by atoms with Crippen molar-refractivity contribution < 1.29 is 9.53 Å². The summed E-state index contributed by atoms with van der Waals surface area (Å²) in [5.41, 5.74) is 2.33. The summed E-state index contributed by atoms with van der Waals surface area (Å²) in [5.74, 6) is 0.551. The number of thioether (sulfide) groups is 1. The van der Waals surface area contributed by atoms with Gasteiger partial charge in [0.25, 0.3) is 0 Å². The Balaban J connectivity index is 2.12. The number of methoxy groups -OCH3 is 1. The Kier molecular flexibility index (Phi) is 3.53. The molecule has 3 rings (SSSR count). The first kappa shape index (κ1) is 13.3. The lowest BCUT2D eigenvalue weighted by molar-refractivity contribution is -0.146. The molecule has 1 aliphatic rings. The minimum absolute atomic E-state index is 0.123. The first-order chi connectivity index (χ1) is 9.79. The highest BCUT2D eigenvalue weighted by atomic mass is 32.2. The number of carbonyl (C=O) groups excluding carboxylic acids is 1. The number of ether oxygens (including phenoxy) is 1. The average molecular weight is 284 g/mol. The summed E-state index contributed by atoms with van der Waals surface area (Å²) in [6.45, 7) is 0. The van der Waals surface area contributed by atoms with Gasteiger partial charge in [0.15, 0.2) is 0 Å². The lowest BCUT2D eigenvalue weighted by atomic mass is 9.79. The highest BCUT2D eigenvalue weighted by molar-refractivity contribution is 8.02. The molecule has 2 aromatic carbocycles. The molecule has 0 aromatic heterocycles. The highest BCUT2D eigenvalue weighted by Gasteiger charge is 2.54. The fourth-order valence-corrected chi connectivity index (χ4v) is 4.32. The summed E-state index contributed by atoms with van der Waals surface area (Å²) in [5, 5.41) is 0. The van der Waals surface area contributed by atoms with Crippen LogP contribution < -0.4 is 0 Å². The molecule has 20 heavy (non-hydrogen) atoms. The van der Waals surface area contributed by atoms with Crippen LogP contribution in [0, 0.1) is 5.92 Å². The molecule has 1 fully saturated rings. The number of hydrogen-bond acceptors (Lipinski definition) is 3. The van der Waals surface area contributed by atoms with E-state index in [1.807, 2.05) is 48.2 Å². The van der Waals surface area contributed by atoms with E-state index in [1.165, 1.54) is 7.11 Å². The third kappa shape index (κ3) is 1.93. The van der Waals surface area contributed by atoms with Crippen LogP contribution in [0.1, 0.15) is 11.1 Å². The Morgan fingerprint density at radius 3 is 1.90 bits per heavy atom. The Morgan fingerprint density at radius 1 is 1.05 bits per heavy atom. The Labute approximate surface area is 123 Å². The van der Waals surface area contributed by atoms with Crippen LogP contribution in [0.15, 0.2) is 60.7 Å². The second-order valence-electron chi connectivity index (χ2n) is 4.85. The maximum atomic E-state index is 12.1. The van der Waals surface area contributed by atoms with Crippen molar-refractivity contribution in [1.82, 2.24) is 0 Å². The van der Waals surface area contributed by atoms with Gasteiger partial charge >= 0.3 is 5.97 Å². The highest BCUT2D eigenvalue weighted by Crippen LogP contribution is 2.58. The number of carbonyl (C=O) groups is 1. The fraction of sp³-hybridized carbons (Fsp3) is 0.235. The van der Waals surface area contributed by atoms with E-state index in [4.69, 9.17) is 4.74 Å².